The van der Waals surface area contributed by atoms with E-state index in [1.165, 1.54) is 6.07 Å². The predicted octanol–water partition coefficient (Wildman–Crippen LogP) is 3.14. The SMILES string of the molecule is O=c1ccc2cc(NS(=O)(=O)CCCOCc3ccccc3)ccc2o1. The lowest BCUT2D eigenvalue weighted by Crippen LogP contribution is -2.18. The van der Waals surface area contributed by atoms with Crippen LogP contribution in [0.15, 0.2) is 69.9 Å². The molecule has 0 saturated carbocycles. The van der Waals surface area contributed by atoms with Crippen molar-refractivity contribution in [3.8, 4) is 0 Å². The van der Waals surface area contributed by atoms with Crippen molar-refractivity contribution in [2.45, 2.75) is 13.0 Å². The zero-order chi connectivity index (χ0) is 18.4. The molecule has 0 bridgehead atoms. The van der Waals surface area contributed by atoms with E-state index < -0.39 is 15.6 Å². The number of nitrogens with one attached hydrogen (secondary N) is 1. The summed E-state index contributed by atoms with van der Waals surface area (Å²) in [7, 11) is -3.48. The third-order valence-corrected chi connectivity index (χ3v) is 5.08. The third-order valence-electron chi connectivity index (χ3n) is 3.71. The standard InChI is InChI=1S/C19H19NO5S/c21-19-10-7-16-13-17(8-9-18(16)25-19)20-26(22,23)12-4-11-24-14-15-5-2-1-3-6-15/h1-3,5-10,13,20H,4,11-12,14H2. The minimum atomic E-state index is -3.48. The van der Waals surface area contributed by atoms with Crippen LogP contribution in [0, 0.1) is 0 Å². The highest BCUT2D eigenvalue weighted by Crippen LogP contribution is 2.18. The predicted molar refractivity (Wildman–Crippen MR) is 101 cm³/mol. The fourth-order valence-electron chi connectivity index (χ4n) is 2.48. The Labute approximate surface area is 151 Å². The number of benzene rings is 2. The van der Waals surface area contributed by atoms with Crippen LogP contribution in [0.25, 0.3) is 11.0 Å². The molecule has 7 heteroatoms. The lowest BCUT2D eigenvalue weighted by Gasteiger charge is -2.09. The minimum absolute atomic E-state index is 0.0380. The number of hydrogen-bond acceptors (Lipinski definition) is 5. The summed E-state index contributed by atoms with van der Waals surface area (Å²) in [6.07, 6.45) is 0.393. The smallest absolute Gasteiger partial charge is 0.336 e. The Morgan fingerprint density at radius 3 is 2.62 bits per heavy atom. The van der Waals surface area contributed by atoms with Gasteiger partial charge in [-0.05, 0) is 36.2 Å². The van der Waals surface area contributed by atoms with E-state index in [2.05, 4.69) is 4.72 Å². The molecule has 136 valence electrons. The normalized spacial score (nSPS) is 11.5. The van der Waals surface area contributed by atoms with Crippen molar-refractivity contribution in [3.63, 3.8) is 0 Å². The van der Waals surface area contributed by atoms with Gasteiger partial charge in [0.25, 0.3) is 0 Å². The Kier molecular flexibility index (Phi) is 5.70. The average molecular weight is 373 g/mol. The number of sulfonamides is 1. The van der Waals surface area contributed by atoms with E-state index in [0.29, 0.717) is 36.3 Å². The number of anilines is 1. The molecule has 0 unspecified atom stereocenters. The first-order chi connectivity index (χ1) is 12.5. The van der Waals surface area contributed by atoms with Gasteiger partial charge in [-0.2, -0.15) is 0 Å². The summed E-state index contributed by atoms with van der Waals surface area (Å²) in [6.45, 7) is 0.822. The molecule has 0 aliphatic heterocycles. The molecule has 0 amide bonds. The van der Waals surface area contributed by atoms with E-state index in [1.807, 2.05) is 30.3 Å². The first-order valence-corrected chi connectivity index (χ1v) is 9.83. The van der Waals surface area contributed by atoms with Crippen molar-refractivity contribution in [1.29, 1.82) is 0 Å². The van der Waals surface area contributed by atoms with Crippen LogP contribution in [-0.2, 0) is 21.4 Å². The van der Waals surface area contributed by atoms with Crippen LogP contribution in [0.5, 0.6) is 0 Å². The second kappa shape index (κ2) is 8.16. The fraction of sp³-hybridized carbons (Fsp3) is 0.211. The van der Waals surface area contributed by atoms with Gasteiger partial charge < -0.3 is 9.15 Å². The summed E-state index contributed by atoms with van der Waals surface area (Å²) in [4.78, 5) is 11.2. The van der Waals surface area contributed by atoms with Crippen molar-refractivity contribution in [1.82, 2.24) is 0 Å². The largest absolute Gasteiger partial charge is 0.423 e. The minimum Gasteiger partial charge on any atom is -0.423 e. The first kappa shape index (κ1) is 18.2. The van der Waals surface area contributed by atoms with Gasteiger partial charge in [0.2, 0.25) is 10.0 Å². The topological polar surface area (TPSA) is 85.6 Å². The molecule has 1 heterocycles. The summed E-state index contributed by atoms with van der Waals surface area (Å²) < 4.78 is 37.4. The Morgan fingerprint density at radius 2 is 1.81 bits per heavy atom. The molecule has 0 aliphatic carbocycles. The van der Waals surface area contributed by atoms with Gasteiger partial charge in [-0.1, -0.05) is 30.3 Å². The molecule has 2 aromatic carbocycles. The van der Waals surface area contributed by atoms with Crippen LogP contribution in [-0.4, -0.2) is 20.8 Å². The van der Waals surface area contributed by atoms with Gasteiger partial charge in [-0.25, -0.2) is 13.2 Å². The van der Waals surface area contributed by atoms with Gasteiger partial charge in [0.1, 0.15) is 5.58 Å². The number of fused-ring (bicyclic) bond motifs is 1. The zero-order valence-electron chi connectivity index (χ0n) is 14.1. The molecule has 1 N–H and O–H groups in total. The Bertz CT molecular complexity index is 1030. The molecule has 0 saturated heterocycles. The highest BCUT2D eigenvalue weighted by Gasteiger charge is 2.11. The third kappa shape index (κ3) is 5.18. The maximum absolute atomic E-state index is 12.2. The maximum Gasteiger partial charge on any atom is 0.336 e. The van der Waals surface area contributed by atoms with Crippen LogP contribution in [0.3, 0.4) is 0 Å². The van der Waals surface area contributed by atoms with E-state index in [-0.39, 0.29) is 5.75 Å². The monoisotopic (exact) mass is 373 g/mol. The van der Waals surface area contributed by atoms with Crippen LogP contribution in [0.1, 0.15) is 12.0 Å². The highest BCUT2D eigenvalue weighted by molar-refractivity contribution is 7.92. The first-order valence-electron chi connectivity index (χ1n) is 8.18. The fourth-order valence-corrected chi connectivity index (χ4v) is 3.57. The molecule has 0 atom stereocenters. The molecule has 6 nitrogen and oxygen atoms in total. The maximum atomic E-state index is 12.2. The lowest BCUT2D eigenvalue weighted by molar-refractivity contribution is 0.122. The van der Waals surface area contributed by atoms with Crippen LogP contribution >= 0.6 is 0 Å². The Morgan fingerprint density at radius 1 is 1.00 bits per heavy atom. The van der Waals surface area contributed by atoms with Crippen LogP contribution in [0.4, 0.5) is 5.69 Å². The van der Waals surface area contributed by atoms with Gasteiger partial charge in [-0.3, -0.25) is 4.72 Å². The second-order valence-corrected chi connectivity index (χ2v) is 7.66. The average Bonchev–Trinajstić information content (AvgIpc) is 2.62. The highest BCUT2D eigenvalue weighted by atomic mass is 32.2. The summed E-state index contributed by atoms with van der Waals surface area (Å²) >= 11 is 0. The molecule has 3 rings (SSSR count). The Hall–Kier alpha value is -2.64. The molecule has 0 radical (unpaired) electrons. The number of ether oxygens (including phenoxy) is 1. The van der Waals surface area contributed by atoms with Crippen molar-refractivity contribution in [3.05, 3.63) is 76.6 Å². The molecule has 0 aliphatic rings. The molecule has 3 aromatic rings. The van der Waals surface area contributed by atoms with E-state index in [0.717, 1.165) is 5.56 Å². The van der Waals surface area contributed by atoms with Gasteiger partial charge >= 0.3 is 5.63 Å². The summed E-state index contributed by atoms with van der Waals surface area (Å²) in [5, 5.41) is 0.649. The molecule has 26 heavy (non-hydrogen) atoms. The zero-order valence-corrected chi connectivity index (χ0v) is 14.9. The molecule has 0 fully saturated rings. The lowest BCUT2D eigenvalue weighted by atomic mass is 10.2. The van der Waals surface area contributed by atoms with Crippen molar-refractivity contribution in [2.75, 3.05) is 17.1 Å². The Balaban J connectivity index is 1.50. The van der Waals surface area contributed by atoms with E-state index in [9.17, 15) is 13.2 Å². The molecule has 1 aromatic heterocycles. The van der Waals surface area contributed by atoms with E-state index >= 15 is 0 Å². The van der Waals surface area contributed by atoms with Crippen molar-refractivity contribution >= 4 is 26.7 Å². The van der Waals surface area contributed by atoms with E-state index in [4.69, 9.17) is 9.15 Å². The van der Waals surface area contributed by atoms with E-state index in [1.54, 1.807) is 24.3 Å². The van der Waals surface area contributed by atoms with Gasteiger partial charge in [0.15, 0.2) is 0 Å². The van der Waals surface area contributed by atoms with Gasteiger partial charge in [0, 0.05) is 23.7 Å². The molecular formula is C19H19NO5S. The number of rotatable bonds is 8. The summed E-state index contributed by atoms with van der Waals surface area (Å²) in [6, 6.07) is 17.4. The van der Waals surface area contributed by atoms with Crippen molar-refractivity contribution in [2.24, 2.45) is 0 Å². The van der Waals surface area contributed by atoms with Gasteiger partial charge in [0.05, 0.1) is 12.4 Å². The van der Waals surface area contributed by atoms with Crippen LogP contribution < -0.4 is 10.3 Å². The quantitative estimate of drug-likeness (QED) is 0.484. The second-order valence-electron chi connectivity index (χ2n) is 5.82. The van der Waals surface area contributed by atoms with Crippen molar-refractivity contribution < 1.29 is 17.6 Å². The number of hydrogen-bond donors (Lipinski definition) is 1. The summed E-state index contributed by atoms with van der Waals surface area (Å²) in [5.41, 5.74) is 1.45. The molecule has 0 spiro atoms. The molecular weight excluding hydrogens is 354 g/mol. The van der Waals surface area contributed by atoms with Gasteiger partial charge in [-0.15, -0.1) is 0 Å². The van der Waals surface area contributed by atoms with Crippen LogP contribution in [0.2, 0.25) is 0 Å². The summed E-state index contributed by atoms with van der Waals surface area (Å²) in [5.74, 6) is -0.0380.